The molecule has 1 N–H and O–H groups in total. The van der Waals surface area contributed by atoms with Crippen molar-refractivity contribution in [3.63, 3.8) is 0 Å². The fourth-order valence-electron chi connectivity index (χ4n) is 3.82. The van der Waals surface area contributed by atoms with Crippen LogP contribution in [-0.4, -0.2) is 51.8 Å². The zero-order valence-corrected chi connectivity index (χ0v) is 17.7. The van der Waals surface area contributed by atoms with Crippen LogP contribution < -0.4 is 5.32 Å². The molecule has 1 aliphatic rings. The van der Waals surface area contributed by atoms with Crippen LogP contribution in [0.2, 0.25) is 0 Å². The number of hydrogen-bond donors (Lipinski definition) is 1. The van der Waals surface area contributed by atoms with Crippen LogP contribution in [0.3, 0.4) is 0 Å². The van der Waals surface area contributed by atoms with Crippen molar-refractivity contribution in [3.8, 4) is 0 Å². The molecule has 1 unspecified atom stereocenters. The molecule has 6 nitrogen and oxygen atoms in total. The minimum absolute atomic E-state index is 0.0205. The van der Waals surface area contributed by atoms with Gasteiger partial charge in [0.15, 0.2) is 0 Å². The summed E-state index contributed by atoms with van der Waals surface area (Å²) in [4.78, 5) is 15.0. The van der Waals surface area contributed by atoms with E-state index in [1.165, 1.54) is 12.0 Å². The number of carbonyl (C=O) groups excluding carboxylic acids is 1. The van der Waals surface area contributed by atoms with Gasteiger partial charge in [-0.15, -0.1) is 10.2 Å². The lowest BCUT2D eigenvalue weighted by Crippen LogP contribution is -2.31. The van der Waals surface area contributed by atoms with Gasteiger partial charge in [0, 0.05) is 51.1 Å². The van der Waals surface area contributed by atoms with Crippen molar-refractivity contribution in [3.05, 3.63) is 46.5 Å². The van der Waals surface area contributed by atoms with Gasteiger partial charge in [0.05, 0.1) is 0 Å². The third-order valence-corrected chi connectivity index (χ3v) is 5.72. The molecule has 6 heteroatoms. The Morgan fingerprint density at radius 1 is 1.21 bits per heavy atom. The maximum absolute atomic E-state index is 12.5. The average Bonchev–Trinajstić information content (AvgIpc) is 2.94. The fraction of sp³-hybridized carbons (Fsp3) is 0.591. The van der Waals surface area contributed by atoms with Crippen LogP contribution >= 0.6 is 0 Å². The maximum Gasteiger partial charge on any atom is 0.251 e. The molecule has 0 spiro atoms. The lowest BCUT2D eigenvalue weighted by Gasteiger charge is -2.22. The highest BCUT2D eigenvalue weighted by Gasteiger charge is 2.19. The predicted molar refractivity (Wildman–Crippen MR) is 112 cm³/mol. The Kier molecular flexibility index (Phi) is 6.83. The Morgan fingerprint density at radius 3 is 2.79 bits per heavy atom. The number of nitrogens with one attached hydrogen (secondary N) is 1. The fourth-order valence-corrected chi connectivity index (χ4v) is 3.82. The molecule has 2 aromatic rings. The molecule has 0 aliphatic carbocycles. The Labute approximate surface area is 168 Å². The van der Waals surface area contributed by atoms with Gasteiger partial charge in [-0.2, -0.15) is 0 Å². The van der Waals surface area contributed by atoms with E-state index in [0.29, 0.717) is 13.0 Å². The Morgan fingerprint density at radius 2 is 2.04 bits per heavy atom. The first kappa shape index (κ1) is 20.5. The molecule has 0 bridgehead atoms. The molecule has 2 heterocycles. The number of carbonyl (C=O) groups is 1. The zero-order valence-electron chi connectivity index (χ0n) is 17.7. The highest BCUT2D eigenvalue weighted by Crippen LogP contribution is 2.13. The van der Waals surface area contributed by atoms with E-state index in [1.807, 2.05) is 32.0 Å². The van der Waals surface area contributed by atoms with E-state index in [-0.39, 0.29) is 5.91 Å². The molecule has 3 rings (SSSR count). The van der Waals surface area contributed by atoms with Crippen LogP contribution in [0.25, 0.3) is 0 Å². The van der Waals surface area contributed by atoms with Gasteiger partial charge in [-0.05, 0) is 31.4 Å². The monoisotopic (exact) mass is 383 g/mol. The van der Waals surface area contributed by atoms with Crippen LogP contribution in [0.5, 0.6) is 0 Å². The van der Waals surface area contributed by atoms with Gasteiger partial charge >= 0.3 is 0 Å². The smallest absolute Gasteiger partial charge is 0.251 e. The second-order valence-corrected chi connectivity index (χ2v) is 8.07. The molecule has 1 amide bonds. The molecule has 0 radical (unpaired) electrons. The predicted octanol–water partition coefficient (Wildman–Crippen LogP) is 2.77. The zero-order chi connectivity index (χ0) is 20.1. The van der Waals surface area contributed by atoms with Crippen molar-refractivity contribution in [1.82, 2.24) is 25.0 Å². The van der Waals surface area contributed by atoms with Gasteiger partial charge < -0.3 is 14.8 Å². The largest absolute Gasteiger partial charge is 0.352 e. The number of hydrogen-bond acceptors (Lipinski definition) is 4. The summed E-state index contributed by atoms with van der Waals surface area (Å²) >= 11 is 0. The van der Waals surface area contributed by atoms with E-state index < -0.39 is 0 Å². The van der Waals surface area contributed by atoms with Crippen molar-refractivity contribution in [1.29, 1.82) is 0 Å². The summed E-state index contributed by atoms with van der Waals surface area (Å²) in [7, 11) is 0. The molecular weight excluding hydrogens is 350 g/mol. The third-order valence-electron chi connectivity index (χ3n) is 5.72. The maximum atomic E-state index is 12.5. The average molecular weight is 384 g/mol. The van der Waals surface area contributed by atoms with Gasteiger partial charge in [-0.3, -0.25) is 4.79 Å². The highest BCUT2D eigenvalue weighted by atomic mass is 16.1. The first-order chi connectivity index (χ1) is 13.5. The molecule has 28 heavy (non-hydrogen) atoms. The van der Waals surface area contributed by atoms with E-state index in [4.69, 9.17) is 0 Å². The molecule has 0 saturated heterocycles. The number of benzene rings is 1. The summed E-state index contributed by atoms with van der Waals surface area (Å²) in [5, 5.41) is 11.8. The summed E-state index contributed by atoms with van der Waals surface area (Å²) in [6.45, 7) is 13.3. The lowest BCUT2D eigenvalue weighted by atomic mass is 10.1. The van der Waals surface area contributed by atoms with Gasteiger partial charge in [-0.25, -0.2) is 0 Å². The summed E-state index contributed by atoms with van der Waals surface area (Å²) in [6.07, 6.45) is 2.86. The summed E-state index contributed by atoms with van der Waals surface area (Å²) in [6, 6.07) is 5.92. The van der Waals surface area contributed by atoms with Crippen LogP contribution in [0, 0.1) is 19.8 Å². The molecule has 0 saturated carbocycles. The molecule has 152 valence electrons. The second kappa shape index (κ2) is 9.32. The quantitative estimate of drug-likeness (QED) is 0.799. The minimum atomic E-state index is -0.0205. The third kappa shape index (κ3) is 4.98. The van der Waals surface area contributed by atoms with Crippen molar-refractivity contribution in [2.75, 3.05) is 26.2 Å². The molecule has 0 fully saturated rings. The van der Waals surface area contributed by atoms with E-state index in [1.54, 1.807) is 0 Å². The van der Waals surface area contributed by atoms with Gasteiger partial charge in [0.25, 0.3) is 5.91 Å². The first-order valence-electron chi connectivity index (χ1n) is 10.5. The summed E-state index contributed by atoms with van der Waals surface area (Å²) < 4.78 is 2.25. The van der Waals surface area contributed by atoms with Crippen LogP contribution in [0.15, 0.2) is 18.2 Å². The molecule has 1 aromatic heterocycles. The molecule has 1 aromatic carbocycles. The summed E-state index contributed by atoms with van der Waals surface area (Å²) in [5.74, 6) is 2.75. The number of rotatable bonds is 7. The van der Waals surface area contributed by atoms with E-state index >= 15 is 0 Å². The lowest BCUT2D eigenvalue weighted by molar-refractivity contribution is 0.0953. The Bertz CT molecular complexity index is 813. The van der Waals surface area contributed by atoms with Gasteiger partial charge in [-0.1, -0.05) is 38.0 Å². The first-order valence-corrected chi connectivity index (χ1v) is 10.5. The highest BCUT2D eigenvalue weighted by molar-refractivity contribution is 5.95. The van der Waals surface area contributed by atoms with Crippen LogP contribution in [-0.2, 0) is 19.4 Å². The van der Waals surface area contributed by atoms with Crippen molar-refractivity contribution in [2.45, 2.75) is 53.5 Å². The van der Waals surface area contributed by atoms with Crippen molar-refractivity contribution in [2.24, 2.45) is 5.92 Å². The number of fused-ring (bicyclic) bond motifs is 1. The topological polar surface area (TPSA) is 63.1 Å². The van der Waals surface area contributed by atoms with Crippen LogP contribution in [0.1, 0.15) is 53.4 Å². The van der Waals surface area contributed by atoms with E-state index in [0.717, 1.165) is 61.3 Å². The van der Waals surface area contributed by atoms with E-state index in [9.17, 15) is 4.79 Å². The number of aromatic nitrogens is 3. The van der Waals surface area contributed by atoms with Gasteiger partial charge in [0.1, 0.15) is 11.6 Å². The number of amides is 1. The summed E-state index contributed by atoms with van der Waals surface area (Å²) in [5.41, 5.74) is 2.92. The molecule has 1 atom stereocenters. The molecule has 1 aliphatic heterocycles. The van der Waals surface area contributed by atoms with E-state index in [2.05, 4.69) is 38.8 Å². The van der Waals surface area contributed by atoms with Crippen molar-refractivity contribution < 1.29 is 4.79 Å². The number of aryl methyl sites for hydroxylation is 2. The second-order valence-electron chi connectivity index (χ2n) is 8.07. The Balaban J connectivity index is 1.54. The number of nitrogens with zero attached hydrogens (tertiary/aromatic N) is 4. The standard InChI is InChI=1S/C22H33N5O/c1-5-16(2)15-26-11-9-21-25-24-20(27(21)13-12-26)8-10-23-22(28)19-7-6-17(3)14-18(19)4/h6-7,14,16H,5,8-13,15H2,1-4H3,(H,23,28). The molecular formula is C22H33N5O. The SMILES string of the molecule is CCC(C)CN1CCc2nnc(CCNC(=O)c3ccc(C)cc3C)n2CC1. The van der Waals surface area contributed by atoms with Crippen molar-refractivity contribution >= 4 is 5.91 Å². The van der Waals surface area contributed by atoms with Crippen LogP contribution in [0.4, 0.5) is 0 Å². The normalized spacial score (nSPS) is 15.7. The minimum Gasteiger partial charge on any atom is -0.352 e. The Hall–Kier alpha value is -2.21. The van der Waals surface area contributed by atoms with Gasteiger partial charge in [0.2, 0.25) is 0 Å².